The lowest BCUT2D eigenvalue weighted by Crippen LogP contribution is -2.53. The third kappa shape index (κ3) is 3.21. The second-order valence-electron chi connectivity index (χ2n) is 10.2. The number of imidazole rings is 1. The summed E-state index contributed by atoms with van der Waals surface area (Å²) in [6.07, 6.45) is 6.78. The number of rotatable bonds is 3. The number of carbonyl (C=O) groups excluding carboxylic acids is 1. The van der Waals surface area contributed by atoms with E-state index in [-0.39, 0.29) is 17.8 Å². The largest absolute Gasteiger partial charge is 0.335 e. The third-order valence-electron chi connectivity index (χ3n) is 7.89. The topological polar surface area (TPSA) is 54.3 Å². The van der Waals surface area contributed by atoms with Crippen LogP contribution in [0.2, 0.25) is 0 Å². The molecule has 2 bridgehead atoms. The van der Waals surface area contributed by atoms with Crippen LogP contribution in [0.4, 0.5) is 4.39 Å². The van der Waals surface area contributed by atoms with Crippen molar-refractivity contribution >= 4 is 22.5 Å². The summed E-state index contributed by atoms with van der Waals surface area (Å²) in [6.45, 7) is 7.61. The highest BCUT2D eigenvalue weighted by atomic mass is 19.1. The van der Waals surface area contributed by atoms with Crippen molar-refractivity contribution in [2.45, 2.75) is 58.2 Å². The molecule has 2 fully saturated rings. The number of pyridine rings is 1. The van der Waals surface area contributed by atoms with E-state index in [1.165, 1.54) is 0 Å². The van der Waals surface area contributed by atoms with Gasteiger partial charge in [0.15, 0.2) is 5.82 Å². The SMILES string of the molecule is Cc1nc2c(F)cc(C3=CCc4ncc(C(=O)N5CC6CCC(C5)N6C)cc43)cc2n1C(C)C. The van der Waals surface area contributed by atoms with Gasteiger partial charge in [0, 0.05) is 49.4 Å². The number of likely N-dealkylation sites (N-methyl/N-ethyl adjacent to an activating group) is 1. The van der Waals surface area contributed by atoms with E-state index in [0.717, 1.165) is 59.7 Å². The van der Waals surface area contributed by atoms with E-state index < -0.39 is 0 Å². The molecule has 1 aromatic carbocycles. The van der Waals surface area contributed by atoms with Crippen LogP contribution in [0.3, 0.4) is 0 Å². The number of aromatic nitrogens is 3. The number of halogens is 1. The van der Waals surface area contributed by atoms with Crippen molar-refractivity contribution in [1.82, 2.24) is 24.3 Å². The Labute approximate surface area is 199 Å². The highest BCUT2D eigenvalue weighted by molar-refractivity contribution is 5.97. The third-order valence-corrected chi connectivity index (χ3v) is 7.89. The molecule has 3 aromatic rings. The second kappa shape index (κ2) is 7.73. The molecule has 176 valence electrons. The van der Waals surface area contributed by atoms with Crippen molar-refractivity contribution < 1.29 is 9.18 Å². The molecule has 2 saturated heterocycles. The monoisotopic (exact) mass is 459 g/mol. The molecule has 6 nitrogen and oxygen atoms in total. The van der Waals surface area contributed by atoms with Crippen LogP contribution in [0, 0.1) is 12.7 Å². The maximum Gasteiger partial charge on any atom is 0.255 e. The van der Waals surface area contributed by atoms with Crippen LogP contribution in [0.15, 0.2) is 30.5 Å². The molecule has 0 radical (unpaired) electrons. The molecule has 4 heterocycles. The molecule has 0 saturated carbocycles. The summed E-state index contributed by atoms with van der Waals surface area (Å²) in [7, 11) is 2.17. The molecule has 1 amide bonds. The van der Waals surface area contributed by atoms with E-state index in [0.29, 0.717) is 29.6 Å². The van der Waals surface area contributed by atoms with Crippen molar-refractivity contribution in [3.05, 3.63) is 64.5 Å². The number of nitrogens with zero attached hydrogens (tertiary/aromatic N) is 5. The maximum absolute atomic E-state index is 15.1. The first-order chi connectivity index (χ1) is 16.3. The minimum absolute atomic E-state index is 0.0432. The minimum atomic E-state index is -0.322. The molecule has 6 rings (SSSR count). The standard InChI is InChI=1S/C27H30FN5O/c1-15(2)33-16(3)30-26-23(28)10-17(11-25(26)33)21-7-8-24-22(21)9-18(12-29-24)27(34)32-13-19-5-6-20(14-32)31(19)4/h7,9-12,15,19-20H,5-6,8,13-14H2,1-4H3. The van der Waals surface area contributed by atoms with Gasteiger partial charge in [0.05, 0.1) is 16.8 Å². The molecule has 7 heteroatoms. The number of allylic oxidation sites excluding steroid dienone is 1. The predicted molar refractivity (Wildman–Crippen MR) is 130 cm³/mol. The van der Waals surface area contributed by atoms with Gasteiger partial charge in [-0.2, -0.15) is 0 Å². The molecule has 2 unspecified atom stereocenters. The smallest absolute Gasteiger partial charge is 0.255 e. The van der Waals surface area contributed by atoms with Crippen LogP contribution in [-0.2, 0) is 6.42 Å². The fourth-order valence-corrected chi connectivity index (χ4v) is 6.13. The second-order valence-corrected chi connectivity index (χ2v) is 10.2. The van der Waals surface area contributed by atoms with Gasteiger partial charge < -0.3 is 9.47 Å². The molecule has 0 spiro atoms. The molecule has 2 atom stereocenters. The molecule has 0 N–H and O–H groups in total. The zero-order chi connectivity index (χ0) is 23.7. The molecule has 3 aliphatic rings. The summed E-state index contributed by atoms with van der Waals surface area (Å²) in [6, 6.07) is 6.61. The fraction of sp³-hybridized carbons (Fsp3) is 0.444. The fourth-order valence-electron chi connectivity index (χ4n) is 6.13. The highest BCUT2D eigenvalue weighted by Gasteiger charge is 2.39. The van der Waals surface area contributed by atoms with Crippen LogP contribution in [-0.4, -0.2) is 62.5 Å². The molecular formula is C27H30FN5O. The normalized spacial score (nSPS) is 22.1. The van der Waals surface area contributed by atoms with Crippen LogP contribution < -0.4 is 0 Å². The summed E-state index contributed by atoms with van der Waals surface area (Å²) >= 11 is 0. The van der Waals surface area contributed by atoms with Crippen molar-refractivity contribution in [3.8, 4) is 0 Å². The highest BCUT2D eigenvalue weighted by Crippen LogP contribution is 2.36. The van der Waals surface area contributed by atoms with Gasteiger partial charge >= 0.3 is 0 Å². The summed E-state index contributed by atoms with van der Waals surface area (Å²) in [5.41, 5.74) is 5.40. The lowest BCUT2D eigenvalue weighted by molar-refractivity contribution is 0.0523. The van der Waals surface area contributed by atoms with E-state index in [2.05, 4.69) is 46.4 Å². The molecular weight excluding hydrogens is 429 g/mol. The van der Waals surface area contributed by atoms with Crippen molar-refractivity contribution in [2.75, 3.05) is 20.1 Å². The van der Waals surface area contributed by atoms with Gasteiger partial charge in [-0.25, -0.2) is 9.37 Å². The maximum atomic E-state index is 15.1. The van der Waals surface area contributed by atoms with Crippen molar-refractivity contribution in [3.63, 3.8) is 0 Å². The van der Waals surface area contributed by atoms with Gasteiger partial charge in [0.2, 0.25) is 0 Å². The van der Waals surface area contributed by atoms with Crippen LogP contribution in [0.1, 0.15) is 65.7 Å². The van der Waals surface area contributed by atoms with Gasteiger partial charge in [0.1, 0.15) is 11.3 Å². The molecule has 1 aliphatic carbocycles. The van der Waals surface area contributed by atoms with E-state index in [1.54, 1.807) is 12.3 Å². The van der Waals surface area contributed by atoms with Gasteiger partial charge in [-0.05, 0) is 70.0 Å². The predicted octanol–water partition coefficient (Wildman–Crippen LogP) is 4.37. The van der Waals surface area contributed by atoms with Gasteiger partial charge in [0.25, 0.3) is 5.91 Å². The van der Waals surface area contributed by atoms with Crippen molar-refractivity contribution in [1.29, 1.82) is 0 Å². The Kier molecular flexibility index (Phi) is 4.88. The first-order valence-electron chi connectivity index (χ1n) is 12.2. The first-order valence-corrected chi connectivity index (χ1v) is 12.2. The van der Waals surface area contributed by atoms with E-state index in [4.69, 9.17) is 0 Å². The number of piperazine rings is 1. The Hall–Kier alpha value is -3.06. The minimum Gasteiger partial charge on any atom is -0.335 e. The molecule has 2 aromatic heterocycles. The van der Waals surface area contributed by atoms with Crippen LogP contribution >= 0.6 is 0 Å². The van der Waals surface area contributed by atoms with E-state index in [9.17, 15) is 4.79 Å². The zero-order valence-electron chi connectivity index (χ0n) is 20.2. The number of amides is 1. The number of benzene rings is 1. The Morgan fingerprint density at radius 3 is 2.59 bits per heavy atom. The Bertz CT molecular complexity index is 1340. The van der Waals surface area contributed by atoms with Crippen LogP contribution in [0.25, 0.3) is 16.6 Å². The number of likely N-dealkylation sites (tertiary alicyclic amines) is 1. The first kappa shape index (κ1) is 21.5. The van der Waals surface area contributed by atoms with E-state index >= 15 is 4.39 Å². The van der Waals surface area contributed by atoms with Gasteiger partial charge in [-0.1, -0.05) is 6.08 Å². The quantitative estimate of drug-likeness (QED) is 0.584. The zero-order valence-corrected chi connectivity index (χ0v) is 20.2. The number of hydrogen-bond donors (Lipinski definition) is 0. The Morgan fingerprint density at radius 1 is 1.15 bits per heavy atom. The summed E-state index contributed by atoms with van der Waals surface area (Å²) < 4.78 is 17.2. The van der Waals surface area contributed by atoms with Crippen molar-refractivity contribution in [2.24, 2.45) is 0 Å². The van der Waals surface area contributed by atoms with Gasteiger partial charge in [-0.15, -0.1) is 0 Å². The summed E-state index contributed by atoms with van der Waals surface area (Å²) in [5.74, 6) is 0.525. The number of carbonyl (C=O) groups is 1. The number of fused-ring (bicyclic) bond motifs is 4. The lowest BCUT2D eigenvalue weighted by atomic mass is 9.98. The average Bonchev–Trinajstić information content (AvgIpc) is 3.42. The number of aryl methyl sites for hydroxylation is 1. The summed E-state index contributed by atoms with van der Waals surface area (Å²) in [4.78, 5) is 26.9. The molecule has 2 aliphatic heterocycles. The average molecular weight is 460 g/mol. The Balaban J connectivity index is 1.36. The van der Waals surface area contributed by atoms with E-state index in [1.807, 2.05) is 24.0 Å². The summed E-state index contributed by atoms with van der Waals surface area (Å²) in [5, 5.41) is 0. The lowest BCUT2D eigenvalue weighted by Gasteiger charge is -2.38. The number of hydrogen-bond acceptors (Lipinski definition) is 4. The Morgan fingerprint density at radius 2 is 1.88 bits per heavy atom. The van der Waals surface area contributed by atoms with Gasteiger partial charge in [-0.3, -0.25) is 14.7 Å². The van der Waals surface area contributed by atoms with Crippen LogP contribution in [0.5, 0.6) is 0 Å². The molecule has 34 heavy (non-hydrogen) atoms.